The van der Waals surface area contributed by atoms with E-state index < -0.39 is 0 Å². The quantitative estimate of drug-likeness (QED) is 0.831. The maximum atomic E-state index is 5.94. The predicted molar refractivity (Wildman–Crippen MR) is 76.3 cm³/mol. The molecule has 0 aliphatic heterocycles. The predicted octanol–water partition coefficient (Wildman–Crippen LogP) is 3.22. The molecule has 0 radical (unpaired) electrons. The van der Waals surface area contributed by atoms with E-state index in [2.05, 4.69) is 17.2 Å². The number of ether oxygens (including phenoxy) is 1. The topological polar surface area (TPSA) is 60.2 Å². The fourth-order valence-electron chi connectivity index (χ4n) is 1.65. The minimum Gasteiger partial charge on any atom is -0.497 e. The van der Waals surface area contributed by atoms with Gasteiger partial charge >= 0.3 is 0 Å². The molecule has 2 aromatic rings. The van der Waals surface area contributed by atoms with Crippen LogP contribution in [-0.4, -0.2) is 12.1 Å². The van der Waals surface area contributed by atoms with Gasteiger partial charge in [-0.25, -0.2) is 4.98 Å². The van der Waals surface area contributed by atoms with Crippen LogP contribution < -0.4 is 15.8 Å². The van der Waals surface area contributed by atoms with Crippen LogP contribution in [0, 0.1) is 6.92 Å². The lowest BCUT2D eigenvalue weighted by molar-refractivity contribution is 0.415. The summed E-state index contributed by atoms with van der Waals surface area (Å²) in [4.78, 5) is 4.46. The molecule has 5 heteroatoms. The first kappa shape index (κ1) is 12.7. The van der Waals surface area contributed by atoms with Gasteiger partial charge in [-0.3, -0.25) is 0 Å². The van der Waals surface area contributed by atoms with Gasteiger partial charge in [0.1, 0.15) is 10.8 Å². The van der Waals surface area contributed by atoms with Gasteiger partial charge in [-0.1, -0.05) is 0 Å². The Kier molecular flexibility index (Phi) is 3.72. The molecule has 0 amide bonds. The molecular weight excluding hydrogens is 246 g/mol. The Morgan fingerprint density at radius 3 is 2.83 bits per heavy atom. The minimum atomic E-state index is 0.123. The molecule has 18 heavy (non-hydrogen) atoms. The largest absolute Gasteiger partial charge is 0.497 e. The molecule has 3 N–H and O–H groups in total. The van der Waals surface area contributed by atoms with E-state index in [1.807, 2.05) is 30.5 Å². The first-order chi connectivity index (χ1) is 8.60. The first-order valence-electron chi connectivity index (χ1n) is 5.72. The molecule has 1 atom stereocenters. The second kappa shape index (κ2) is 5.27. The number of aryl methyl sites for hydroxylation is 1. The molecule has 0 fully saturated rings. The molecule has 96 valence electrons. The third-order valence-corrected chi connectivity index (χ3v) is 3.78. The van der Waals surface area contributed by atoms with Crippen LogP contribution in [0.25, 0.3) is 0 Å². The van der Waals surface area contributed by atoms with Gasteiger partial charge in [-0.15, -0.1) is 11.3 Å². The minimum absolute atomic E-state index is 0.123. The Labute approximate surface area is 111 Å². The van der Waals surface area contributed by atoms with Crippen molar-refractivity contribution in [2.75, 3.05) is 18.2 Å². The lowest BCUT2D eigenvalue weighted by Crippen LogP contribution is -2.08. The summed E-state index contributed by atoms with van der Waals surface area (Å²) in [6.45, 7) is 4.06. The van der Waals surface area contributed by atoms with E-state index in [0.29, 0.717) is 5.69 Å². The molecule has 1 heterocycles. The number of nitrogens with one attached hydrogen (secondary N) is 1. The average Bonchev–Trinajstić information content (AvgIpc) is 2.79. The summed E-state index contributed by atoms with van der Waals surface area (Å²) in [5.74, 6) is 0.786. The van der Waals surface area contributed by atoms with E-state index in [-0.39, 0.29) is 6.04 Å². The van der Waals surface area contributed by atoms with Crippen LogP contribution in [-0.2, 0) is 0 Å². The van der Waals surface area contributed by atoms with Crippen LogP contribution in [0.4, 0.5) is 11.4 Å². The van der Waals surface area contributed by atoms with Crippen molar-refractivity contribution < 1.29 is 4.74 Å². The molecular formula is C13H17N3OS. The average molecular weight is 263 g/mol. The van der Waals surface area contributed by atoms with E-state index in [9.17, 15) is 0 Å². The zero-order valence-electron chi connectivity index (χ0n) is 10.7. The lowest BCUT2D eigenvalue weighted by atomic mass is 10.2. The van der Waals surface area contributed by atoms with Crippen molar-refractivity contribution in [1.82, 2.24) is 4.98 Å². The van der Waals surface area contributed by atoms with Gasteiger partial charge in [0.25, 0.3) is 0 Å². The zero-order valence-corrected chi connectivity index (χ0v) is 11.5. The van der Waals surface area contributed by atoms with Crippen molar-refractivity contribution in [3.8, 4) is 5.75 Å². The molecule has 0 bridgehead atoms. The number of anilines is 2. The molecule has 1 aromatic heterocycles. The number of rotatable bonds is 4. The summed E-state index contributed by atoms with van der Waals surface area (Å²) < 4.78 is 5.19. The lowest BCUT2D eigenvalue weighted by Gasteiger charge is -2.15. The number of thiazole rings is 1. The molecule has 1 aromatic carbocycles. The highest BCUT2D eigenvalue weighted by Crippen LogP contribution is 2.29. The molecule has 0 saturated carbocycles. The summed E-state index contributed by atoms with van der Waals surface area (Å²) >= 11 is 1.65. The van der Waals surface area contributed by atoms with Crippen molar-refractivity contribution in [2.24, 2.45) is 0 Å². The summed E-state index contributed by atoms with van der Waals surface area (Å²) in [7, 11) is 1.64. The zero-order chi connectivity index (χ0) is 13.1. The Morgan fingerprint density at radius 2 is 2.22 bits per heavy atom. The van der Waals surface area contributed by atoms with Crippen molar-refractivity contribution >= 4 is 22.7 Å². The van der Waals surface area contributed by atoms with Crippen molar-refractivity contribution in [2.45, 2.75) is 19.9 Å². The van der Waals surface area contributed by atoms with E-state index in [4.69, 9.17) is 10.5 Å². The van der Waals surface area contributed by atoms with Gasteiger partial charge in [0.15, 0.2) is 0 Å². The number of methoxy groups -OCH3 is 1. The maximum Gasteiger partial charge on any atom is 0.121 e. The second-order valence-corrected chi connectivity index (χ2v) is 5.04. The Morgan fingerprint density at radius 1 is 1.44 bits per heavy atom. The fraction of sp³-hybridized carbons (Fsp3) is 0.308. The standard InChI is InChI=1S/C13H17N3OS/c1-8-7-18-13(15-8)9(2)16-12-6-10(17-3)4-5-11(12)14/h4-7,9,16H,14H2,1-3H3. The molecule has 0 aliphatic rings. The van der Waals surface area contributed by atoms with Gasteiger partial charge in [-0.05, 0) is 26.0 Å². The third-order valence-electron chi connectivity index (χ3n) is 2.64. The van der Waals surface area contributed by atoms with Gasteiger partial charge in [0.2, 0.25) is 0 Å². The highest BCUT2D eigenvalue weighted by Gasteiger charge is 2.11. The second-order valence-electron chi connectivity index (χ2n) is 4.15. The number of hydrogen-bond donors (Lipinski definition) is 2. The number of benzene rings is 1. The number of aromatic nitrogens is 1. The van der Waals surface area contributed by atoms with Crippen molar-refractivity contribution in [3.05, 3.63) is 34.3 Å². The fourth-order valence-corrected chi connectivity index (χ4v) is 2.46. The maximum absolute atomic E-state index is 5.94. The SMILES string of the molecule is COc1ccc(N)c(NC(C)c2nc(C)cs2)c1. The van der Waals surface area contributed by atoms with Crippen LogP contribution >= 0.6 is 11.3 Å². The van der Waals surface area contributed by atoms with Crippen molar-refractivity contribution in [1.29, 1.82) is 0 Å². The van der Waals surface area contributed by atoms with Crippen LogP contribution in [0.5, 0.6) is 5.75 Å². The monoisotopic (exact) mass is 263 g/mol. The normalized spacial score (nSPS) is 12.2. The molecule has 0 spiro atoms. The smallest absolute Gasteiger partial charge is 0.121 e. The summed E-state index contributed by atoms with van der Waals surface area (Å²) in [5, 5.41) is 6.45. The van der Waals surface area contributed by atoms with E-state index >= 15 is 0 Å². The summed E-state index contributed by atoms with van der Waals surface area (Å²) in [6, 6.07) is 5.70. The van der Waals surface area contributed by atoms with Gasteiger partial charge in [-0.2, -0.15) is 0 Å². The van der Waals surface area contributed by atoms with Crippen molar-refractivity contribution in [3.63, 3.8) is 0 Å². The molecule has 4 nitrogen and oxygen atoms in total. The summed E-state index contributed by atoms with van der Waals surface area (Å²) in [5.41, 5.74) is 8.56. The highest BCUT2D eigenvalue weighted by atomic mass is 32.1. The van der Waals surface area contributed by atoms with Gasteiger partial charge in [0.05, 0.1) is 24.5 Å². The molecule has 0 aliphatic carbocycles. The van der Waals surface area contributed by atoms with Crippen LogP contribution in [0.1, 0.15) is 23.7 Å². The van der Waals surface area contributed by atoms with E-state index in [1.54, 1.807) is 18.4 Å². The van der Waals surface area contributed by atoms with Gasteiger partial charge in [0, 0.05) is 17.1 Å². The Balaban J connectivity index is 2.18. The Hall–Kier alpha value is -1.75. The van der Waals surface area contributed by atoms with E-state index in [0.717, 1.165) is 22.1 Å². The van der Waals surface area contributed by atoms with Gasteiger partial charge < -0.3 is 15.8 Å². The number of nitrogens with zero attached hydrogens (tertiary/aromatic N) is 1. The van der Waals surface area contributed by atoms with Crippen LogP contribution in [0.15, 0.2) is 23.6 Å². The molecule has 1 unspecified atom stereocenters. The van der Waals surface area contributed by atoms with E-state index in [1.165, 1.54) is 0 Å². The third kappa shape index (κ3) is 2.73. The number of hydrogen-bond acceptors (Lipinski definition) is 5. The molecule has 0 saturated heterocycles. The van der Waals surface area contributed by atoms with Crippen LogP contribution in [0.2, 0.25) is 0 Å². The molecule has 2 rings (SSSR count). The summed E-state index contributed by atoms with van der Waals surface area (Å²) in [6.07, 6.45) is 0. The van der Waals surface area contributed by atoms with Crippen LogP contribution in [0.3, 0.4) is 0 Å². The Bertz CT molecular complexity index is 539. The number of nitrogens with two attached hydrogens (primary N) is 1. The highest BCUT2D eigenvalue weighted by molar-refractivity contribution is 7.09. The first-order valence-corrected chi connectivity index (χ1v) is 6.60. The number of nitrogen functional groups attached to an aromatic ring is 1.